The highest BCUT2D eigenvalue weighted by molar-refractivity contribution is 5.61. The van der Waals surface area contributed by atoms with Crippen LogP contribution in [-0.2, 0) is 0 Å². The first-order valence-electron chi connectivity index (χ1n) is 5.84. The lowest BCUT2D eigenvalue weighted by molar-refractivity contribution is 0.342. The van der Waals surface area contributed by atoms with Crippen LogP contribution >= 0.6 is 0 Å². The molecule has 1 aromatic carbocycles. The fraction of sp³-hybridized carbons (Fsp3) is 0.333. The number of nitrogens with one attached hydrogen (secondary N) is 2. The summed E-state index contributed by atoms with van der Waals surface area (Å²) < 4.78 is 5.45. The average Bonchev–Trinajstić information content (AvgIpc) is 2.87. The van der Waals surface area contributed by atoms with E-state index in [0.29, 0.717) is 18.0 Å². The Morgan fingerprint density at radius 2 is 2.33 bits per heavy atom. The molecule has 4 N–H and O–H groups in total. The average molecular weight is 247 g/mol. The molecule has 0 aliphatic carbocycles. The van der Waals surface area contributed by atoms with Crippen LogP contribution in [0.2, 0.25) is 0 Å². The van der Waals surface area contributed by atoms with Gasteiger partial charge in [0.15, 0.2) is 0 Å². The molecule has 1 atom stereocenters. The van der Waals surface area contributed by atoms with Crippen molar-refractivity contribution < 1.29 is 4.74 Å². The summed E-state index contributed by atoms with van der Waals surface area (Å²) in [5.41, 5.74) is 7.38. The molecular formula is C12H17N5O. The normalized spacial score (nSPS) is 12.1. The lowest BCUT2D eigenvalue weighted by Gasteiger charge is -2.14. The zero-order valence-electron chi connectivity index (χ0n) is 10.5. The van der Waals surface area contributed by atoms with Gasteiger partial charge in [0.1, 0.15) is 17.9 Å². The molecule has 1 unspecified atom stereocenters. The lowest BCUT2D eigenvalue weighted by atomic mass is 10.2. The topological polar surface area (TPSA) is 88.8 Å². The molecule has 2 rings (SSSR count). The van der Waals surface area contributed by atoms with Crippen molar-refractivity contribution in [1.29, 1.82) is 0 Å². The van der Waals surface area contributed by atoms with Crippen LogP contribution in [0.3, 0.4) is 0 Å². The second-order valence-electron chi connectivity index (χ2n) is 3.92. The molecular weight excluding hydrogens is 230 g/mol. The largest absolute Gasteiger partial charge is 0.492 e. The summed E-state index contributed by atoms with van der Waals surface area (Å²) in [5, 5.41) is 9.95. The molecule has 1 aromatic heterocycles. The van der Waals surface area contributed by atoms with Crippen molar-refractivity contribution in [2.75, 3.05) is 17.7 Å². The van der Waals surface area contributed by atoms with Gasteiger partial charge in [0.2, 0.25) is 0 Å². The highest BCUT2D eigenvalue weighted by atomic mass is 16.5. The SMILES string of the molecule is CCOc1cc(NC(C)c2ncn[nH]2)ccc1N. The Labute approximate surface area is 106 Å². The van der Waals surface area contributed by atoms with Crippen molar-refractivity contribution in [3.63, 3.8) is 0 Å². The van der Waals surface area contributed by atoms with Gasteiger partial charge in [0, 0.05) is 11.8 Å². The fourth-order valence-electron chi connectivity index (χ4n) is 1.65. The molecule has 0 aliphatic heterocycles. The minimum atomic E-state index is 0.0330. The predicted molar refractivity (Wildman–Crippen MR) is 70.4 cm³/mol. The minimum Gasteiger partial charge on any atom is -0.492 e. The highest BCUT2D eigenvalue weighted by Crippen LogP contribution is 2.27. The molecule has 0 fully saturated rings. The van der Waals surface area contributed by atoms with Crippen LogP contribution in [0.15, 0.2) is 24.5 Å². The van der Waals surface area contributed by atoms with Crippen molar-refractivity contribution in [3.05, 3.63) is 30.4 Å². The summed E-state index contributed by atoms with van der Waals surface area (Å²) in [6.45, 7) is 4.51. The van der Waals surface area contributed by atoms with Gasteiger partial charge >= 0.3 is 0 Å². The zero-order chi connectivity index (χ0) is 13.0. The Bertz CT molecular complexity index is 497. The first kappa shape index (κ1) is 12.2. The molecule has 96 valence electrons. The Morgan fingerprint density at radius 3 is 3.00 bits per heavy atom. The molecule has 1 heterocycles. The van der Waals surface area contributed by atoms with Crippen molar-refractivity contribution in [2.24, 2.45) is 0 Å². The zero-order valence-corrected chi connectivity index (χ0v) is 10.5. The number of aromatic amines is 1. The van der Waals surface area contributed by atoms with E-state index in [-0.39, 0.29) is 6.04 Å². The van der Waals surface area contributed by atoms with Crippen molar-refractivity contribution in [1.82, 2.24) is 15.2 Å². The van der Waals surface area contributed by atoms with Crippen LogP contribution in [-0.4, -0.2) is 21.8 Å². The Balaban J connectivity index is 2.12. The maximum atomic E-state index is 5.82. The van der Waals surface area contributed by atoms with E-state index in [2.05, 4.69) is 20.5 Å². The minimum absolute atomic E-state index is 0.0330. The summed E-state index contributed by atoms with van der Waals surface area (Å²) >= 11 is 0. The molecule has 0 radical (unpaired) electrons. The first-order valence-corrected chi connectivity index (χ1v) is 5.84. The number of hydrogen-bond acceptors (Lipinski definition) is 5. The molecule has 0 bridgehead atoms. The third-order valence-electron chi connectivity index (χ3n) is 2.54. The van der Waals surface area contributed by atoms with Crippen molar-refractivity contribution in [2.45, 2.75) is 19.9 Å². The second kappa shape index (κ2) is 5.39. The third kappa shape index (κ3) is 2.71. The summed E-state index contributed by atoms with van der Waals surface area (Å²) in [4.78, 5) is 4.10. The number of nitrogen functional groups attached to an aromatic ring is 1. The number of hydrogen-bond donors (Lipinski definition) is 3. The standard InChI is InChI=1S/C12H17N5O/c1-3-18-11-6-9(4-5-10(11)13)16-8(2)12-14-7-15-17-12/h4-8,16H,3,13H2,1-2H3,(H,14,15,17). The Hall–Kier alpha value is -2.24. The summed E-state index contributed by atoms with van der Waals surface area (Å²) in [5.74, 6) is 1.47. The van der Waals surface area contributed by atoms with E-state index in [9.17, 15) is 0 Å². The van der Waals surface area contributed by atoms with Crippen LogP contribution in [0, 0.1) is 0 Å². The number of benzene rings is 1. The van der Waals surface area contributed by atoms with Gasteiger partial charge in [0.25, 0.3) is 0 Å². The van der Waals surface area contributed by atoms with Crippen LogP contribution in [0.1, 0.15) is 25.7 Å². The van der Waals surface area contributed by atoms with E-state index in [4.69, 9.17) is 10.5 Å². The first-order chi connectivity index (χ1) is 8.70. The maximum absolute atomic E-state index is 5.82. The van der Waals surface area contributed by atoms with Gasteiger partial charge in [-0.1, -0.05) is 0 Å². The fourth-order valence-corrected chi connectivity index (χ4v) is 1.65. The van der Waals surface area contributed by atoms with E-state index in [0.717, 1.165) is 11.5 Å². The van der Waals surface area contributed by atoms with E-state index >= 15 is 0 Å². The van der Waals surface area contributed by atoms with Crippen LogP contribution in [0.5, 0.6) is 5.75 Å². The van der Waals surface area contributed by atoms with Gasteiger partial charge in [-0.25, -0.2) is 4.98 Å². The molecule has 6 nitrogen and oxygen atoms in total. The Morgan fingerprint density at radius 1 is 1.50 bits per heavy atom. The van der Waals surface area contributed by atoms with Crippen LogP contribution in [0.4, 0.5) is 11.4 Å². The molecule has 2 aromatic rings. The smallest absolute Gasteiger partial charge is 0.146 e. The van der Waals surface area contributed by atoms with Gasteiger partial charge < -0.3 is 15.8 Å². The van der Waals surface area contributed by atoms with Gasteiger partial charge in [-0.05, 0) is 26.0 Å². The Kier molecular flexibility index (Phi) is 3.66. The molecule has 18 heavy (non-hydrogen) atoms. The van der Waals surface area contributed by atoms with Gasteiger partial charge in [-0.3, -0.25) is 5.10 Å². The van der Waals surface area contributed by atoms with E-state index in [1.807, 2.05) is 32.0 Å². The monoisotopic (exact) mass is 247 g/mol. The molecule has 0 aliphatic rings. The second-order valence-corrected chi connectivity index (χ2v) is 3.92. The number of nitrogens with two attached hydrogens (primary N) is 1. The number of nitrogens with zero attached hydrogens (tertiary/aromatic N) is 2. The van der Waals surface area contributed by atoms with Crippen LogP contribution < -0.4 is 15.8 Å². The van der Waals surface area contributed by atoms with E-state index < -0.39 is 0 Å². The van der Waals surface area contributed by atoms with Gasteiger partial charge in [0.05, 0.1) is 18.3 Å². The molecule has 0 saturated heterocycles. The van der Waals surface area contributed by atoms with Crippen molar-refractivity contribution >= 4 is 11.4 Å². The summed E-state index contributed by atoms with van der Waals surface area (Å²) in [6.07, 6.45) is 1.49. The number of ether oxygens (including phenoxy) is 1. The summed E-state index contributed by atoms with van der Waals surface area (Å²) in [6, 6.07) is 5.64. The lowest BCUT2D eigenvalue weighted by Crippen LogP contribution is -2.09. The quantitative estimate of drug-likeness (QED) is 0.703. The molecule has 0 amide bonds. The number of H-pyrrole nitrogens is 1. The molecule has 0 spiro atoms. The predicted octanol–water partition coefficient (Wildman–Crippen LogP) is 1.96. The van der Waals surface area contributed by atoms with Crippen molar-refractivity contribution in [3.8, 4) is 5.75 Å². The number of anilines is 2. The van der Waals surface area contributed by atoms with E-state index in [1.54, 1.807) is 0 Å². The van der Waals surface area contributed by atoms with Crippen LogP contribution in [0.25, 0.3) is 0 Å². The third-order valence-corrected chi connectivity index (χ3v) is 2.54. The highest BCUT2D eigenvalue weighted by Gasteiger charge is 2.09. The summed E-state index contributed by atoms with van der Waals surface area (Å²) in [7, 11) is 0. The molecule has 0 saturated carbocycles. The van der Waals surface area contributed by atoms with Gasteiger partial charge in [-0.2, -0.15) is 5.10 Å². The maximum Gasteiger partial charge on any atom is 0.146 e. The van der Waals surface area contributed by atoms with Gasteiger partial charge in [-0.15, -0.1) is 0 Å². The molecule has 6 heteroatoms. The number of aromatic nitrogens is 3. The van der Waals surface area contributed by atoms with E-state index in [1.165, 1.54) is 6.33 Å². The number of rotatable bonds is 5.